The van der Waals surface area contributed by atoms with E-state index in [4.69, 9.17) is 0 Å². The fraction of sp³-hybridized carbons (Fsp3) is 0.276. The number of rotatable bonds is 39. The number of thioether (sulfide) groups is 7. The molecule has 0 heterocycles. The minimum Gasteiger partial charge on any atom is -0.130 e. The van der Waals surface area contributed by atoms with Gasteiger partial charge in [-0.2, -0.15) is 0 Å². The first-order valence-corrected chi connectivity index (χ1v) is 57.3. The highest BCUT2D eigenvalue weighted by atomic mass is 32.2. The summed E-state index contributed by atoms with van der Waals surface area (Å²) in [5.74, 6) is 6.88. The minimum atomic E-state index is 0.993. The van der Waals surface area contributed by atoms with Crippen LogP contribution in [-0.4, -0.2) is 29.3 Å². The first-order chi connectivity index (χ1) is 66.3. The number of benzene rings is 22. The number of unbranched alkanes of at least 4 members (excludes halogenated alkanes) is 20. The summed E-state index contributed by atoms with van der Waals surface area (Å²) in [6.45, 7) is 9.12. The Balaban J connectivity index is 0.000000115. The van der Waals surface area contributed by atoms with Gasteiger partial charge in [-0.05, 0) is 276 Å². The van der Waals surface area contributed by atoms with Gasteiger partial charge in [0.15, 0.2) is 0 Å². The van der Waals surface area contributed by atoms with Crippen LogP contribution in [0.4, 0.5) is 0 Å². The second kappa shape index (κ2) is 47.5. The van der Waals surface area contributed by atoms with Crippen molar-refractivity contribution in [2.45, 2.75) is 228 Å². The second-order valence-corrected chi connectivity index (χ2v) is 44.0. The zero-order valence-electron chi connectivity index (χ0n) is 79.2. The lowest BCUT2D eigenvalue weighted by atomic mass is 9.92. The molecule has 0 nitrogen and oxygen atoms in total. The molecule has 0 fully saturated rings. The van der Waals surface area contributed by atoms with Crippen LogP contribution in [0, 0.1) is 0 Å². The molecule has 0 atom stereocenters. The molecule has 22 aromatic rings. The van der Waals surface area contributed by atoms with Crippen LogP contribution in [0.5, 0.6) is 0 Å². The lowest BCUT2D eigenvalue weighted by molar-refractivity contribution is 0.563. The summed E-state index contributed by atoms with van der Waals surface area (Å²) in [6, 6.07) is 119. The van der Waals surface area contributed by atoms with Crippen molar-refractivity contribution in [3.05, 3.63) is 333 Å². The molecule has 0 spiro atoms. The minimum absolute atomic E-state index is 0.993. The van der Waals surface area contributed by atoms with Crippen LogP contribution in [0.15, 0.2) is 356 Å². The molecular weight excluding hydrogens is 1750 g/mol. The molecule has 0 radical (unpaired) electrons. The Hall–Kier alpha value is -9.51. The lowest BCUT2D eigenvalue weighted by Gasteiger charge is -2.19. The van der Waals surface area contributed by atoms with E-state index in [-0.39, 0.29) is 0 Å². The van der Waals surface area contributed by atoms with Gasteiger partial charge in [-0.15, -0.1) is 82.3 Å². The van der Waals surface area contributed by atoms with Gasteiger partial charge >= 0.3 is 0 Å². The van der Waals surface area contributed by atoms with Crippen molar-refractivity contribution >= 4 is 244 Å². The van der Waals surface area contributed by atoms with Crippen molar-refractivity contribution in [3.63, 3.8) is 0 Å². The van der Waals surface area contributed by atoms with Crippen molar-refractivity contribution in [3.8, 4) is 0 Å². The molecule has 134 heavy (non-hydrogen) atoms. The van der Waals surface area contributed by atoms with Gasteiger partial charge in [0.05, 0.1) is 0 Å². The van der Waals surface area contributed by atoms with Crippen molar-refractivity contribution in [2.75, 3.05) is 29.3 Å². The maximum absolute atomic E-state index is 2.40. The van der Waals surface area contributed by atoms with Crippen LogP contribution in [0.25, 0.3) is 162 Å². The third kappa shape index (κ3) is 22.2. The van der Waals surface area contributed by atoms with Crippen LogP contribution in [-0.2, 0) is 11.5 Å². The van der Waals surface area contributed by atoms with Crippen molar-refractivity contribution in [1.82, 2.24) is 0 Å². The Labute approximate surface area is 826 Å². The Bertz CT molecular complexity index is 7300. The van der Waals surface area contributed by atoms with Gasteiger partial charge in [-0.1, -0.05) is 429 Å². The lowest BCUT2D eigenvalue weighted by Crippen LogP contribution is -1.93. The predicted octanol–water partition coefficient (Wildman–Crippen LogP) is 42.0. The molecule has 0 saturated heterocycles. The van der Waals surface area contributed by atoms with E-state index in [0.29, 0.717) is 0 Å². The molecule has 0 aliphatic carbocycles. The van der Waals surface area contributed by atoms with E-state index in [1.165, 1.54) is 374 Å². The summed E-state index contributed by atoms with van der Waals surface area (Å²) in [6.07, 6.45) is 35.3. The molecule has 0 aliphatic rings. The highest BCUT2D eigenvalue weighted by Crippen LogP contribution is 2.50. The molecule has 0 aliphatic heterocycles. The highest BCUT2D eigenvalue weighted by Gasteiger charge is 2.21. The maximum Gasteiger partial charge on any atom is 0.0293 e. The third-order valence-electron chi connectivity index (χ3n) is 27.4. The van der Waals surface area contributed by atoms with Gasteiger partial charge in [-0.3, -0.25) is 0 Å². The van der Waals surface area contributed by atoms with Crippen LogP contribution in [0.2, 0.25) is 0 Å². The van der Waals surface area contributed by atoms with E-state index in [1.54, 1.807) is 21.6 Å². The average Bonchev–Trinajstić information content (AvgIpc) is 0.724. The standard InChI is InChI=1S/C40H58S2.C24H18S2.C23H16S.2C20H18S/c1-3-5-7-9-11-13-15-17-19-21-31-41-39-35-27-23-25-33-29-30-34-26-24-28-36(38(34)37(33)35)40(39)42-32-22-20-18-16-14-12-10-8-6-4-2;1-25-20-10-12-21(13-11-20)26-15-19-8-7-18-6-5-16-3-2-4-17-9-14-22(19)24(18)23(16)17;1-2-7-20(8-3-1)24-15-19-12-11-18-10-9-16-5-4-6-17-13-14-21(19)23(18)22(16)17;1-2-3-12-21-18-13-16-8-4-6-14-10-11-15-7-5-9-17(18)20(15)19(14)16;1-2-3-13-21-18-12-10-16-8-7-14-5-4-6-15-9-11-17(18)20(16)19(14)15/h23-30H,3-22,31-32H2,1-2H3;2-14H,15H2,1H3;1-14H,15H2;4-11,13H,2-3,12H2,1H3;4-12H,2-3,13H2,1H3. The molecule has 0 N–H and O–H groups in total. The molecule has 0 unspecified atom stereocenters. The summed E-state index contributed by atoms with van der Waals surface area (Å²) < 4.78 is 0. The van der Waals surface area contributed by atoms with E-state index < -0.39 is 0 Å². The van der Waals surface area contributed by atoms with Crippen LogP contribution >= 0.6 is 82.3 Å². The van der Waals surface area contributed by atoms with Crippen LogP contribution in [0.1, 0.15) is 193 Å². The molecular formula is C127H128S7. The topological polar surface area (TPSA) is 0 Å². The summed E-state index contributed by atoms with van der Waals surface area (Å²) in [5, 5.41) is 41.8. The first-order valence-electron chi connectivity index (χ1n) is 50.1. The zero-order chi connectivity index (χ0) is 91.2. The molecule has 0 saturated carbocycles. The van der Waals surface area contributed by atoms with E-state index in [9.17, 15) is 0 Å². The maximum atomic E-state index is 2.40. The third-order valence-corrected chi connectivity index (χ3v) is 35.1. The normalized spacial score (nSPS) is 11.8. The van der Waals surface area contributed by atoms with Crippen molar-refractivity contribution < 1.29 is 0 Å². The van der Waals surface area contributed by atoms with Gasteiger partial charge in [-0.25, -0.2) is 0 Å². The van der Waals surface area contributed by atoms with Gasteiger partial charge in [0.2, 0.25) is 0 Å². The molecule has 7 heteroatoms. The smallest absolute Gasteiger partial charge is 0.0293 e. The van der Waals surface area contributed by atoms with Gasteiger partial charge < -0.3 is 0 Å². The summed E-state index contributed by atoms with van der Waals surface area (Å²) in [7, 11) is 0. The SMILES string of the molecule is CCCCCCCCCCCCSc1c(SCCCCCCCCCCCC)c2cccc3ccc4cccc1c4c32.CCCCSc1cc2cccc3ccc4cccc1c4c32.CCCCSc1ccc2ccc3cccc4ccc1c2c34.CSc1ccc(SCc2ccc3ccc4cccc5ccc2c3c45)cc1.c1ccc(SCc2ccc3ccc4cccc5ccc2c3c45)cc1. The molecule has 0 aromatic heterocycles. The summed E-state index contributed by atoms with van der Waals surface area (Å²) in [4.78, 5) is 9.93. The Morgan fingerprint density at radius 1 is 0.172 bits per heavy atom. The quantitative estimate of drug-likeness (QED) is 0.0211. The Morgan fingerprint density at radius 3 is 0.836 bits per heavy atom. The molecule has 678 valence electrons. The molecule has 22 rings (SSSR count). The molecule has 0 amide bonds. The van der Waals surface area contributed by atoms with Gasteiger partial charge in [0.25, 0.3) is 0 Å². The second-order valence-electron chi connectivity index (χ2n) is 36.6. The average molecular weight is 1880 g/mol. The Morgan fingerprint density at radius 2 is 0.440 bits per heavy atom. The fourth-order valence-electron chi connectivity index (χ4n) is 20.3. The number of hydrogen-bond donors (Lipinski definition) is 0. The Kier molecular flexibility index (Phi) is 33.6. The van der Waals surface area contributed by atoms with E-state index in [2.05, 4.69) is 379 Å². The summed E-state index contributed by atoms with van der Waals surface area (Å²) >= 11 is 13.9. The first kappa shape index (κ1) is 94.8. The summed E-state index contributed by atoms with van der Waals surface area (Å²) in [5.41, 5.74) is 2.82. The predicted molar refractivity (Wildman–Crippen MR) is 611 cm³/mol. The van der Waals surface area contributed by atoms with E-state index >= 15 is 0 Å². The van der Waals surface area contributed by atoms with Crippen LogP contribution < -0.4 is 0 Å². The monoisotopic (exact) mass is 1880 g/mol. The highest BCUT2D eigenvalue weighted by molar-refractivity contribution is 8.02. The van der Waals surface area contributed by atoms with Gasteiger partial charge in [0.1, 0.15) is 0 Å². The van der Waals surface area contributed by atoms with Gasteiger partial charge in [0, 0.05) is 45.8 Å². The molecule has 0 bridgehead atoms. The van der Waals surface area contributed by atoms with Crippen molar-refractivity contribution in [1.29, 1.82) is 0 Å². The number of hydrogen-bond acceptors (Lipinski definition) is 7. The van der Waals surface area contributed by atoms with E-state index in [0.717, 1.165) is 11.5 Å². The molecule has 22 aromatic carbocycles. The largest absolute Gasteiger partial charge is 0.130 e. The van der Waals surface area contributed by atoms with Crippen molar-refractivity contribution in [2.24, 2.45) is 0 Å². The fourth-order valence-corrected chi connectivity index (χ4v) is 27.4. The van der Waals surface area contributed by atoms with Crippen LogP contribution in [0.3, 0.4) is 0 Å². The van der Waals surface area contributed by atoms with E-state index in [1.807, 2.05) is 47.0 Å². The zero-order valence-corrected chi connectivity index (χ0v) is 84.9.